The van der Waals surface area contributed by atoms with Crippen LogP contribution in [0.5, 0.6) is 0 Å². The summed E-state index contributed by atoms with van der Waals surface area (Å²) in [4.78, 5) is 17.6. The number of nitrogens with zero attached hydrogens (tertiary/aromatic N) is 1. The van der Waals surface area contributed by atoms with E-state index in [4.69, 9.17) is 25.1 Å². The largest absolute Gasteiger partial charge is 0.469 e. The molecule has 0 fully saturated rings. The van der Waals surface area contributed by atoms with Gasteiger partial charge in [0.2, 0.25) is 0 Å². The summed E-state index contributed by atoms with van der Waals surface area (Å²) in [5.74, 6) is 0. The van der Waals surface area contributed by atoms with Crippen molar-refractivity contribution in [2.24, 2.45) is 0 Å². The highest BCUT2D eigenvalue weighted by Gasteiger charge is 2.10. The standard InChI is InChI=1S/C6H15NO3.C2H7O4P/c8-4-1-7(2-5-9)3-6-10;1-2-6-7(3,4)5/h8-10H,1-6H2;2H2,1H3,(H2,3,4,5). The van der Waals surface area contributed by atoms with Crippen LogP contribution in [0.1, 0.15) is 6.92 Å². The minimum atomic E-state index is -4.17. The Balaban J connectivity index is 0. The van der Waals surface area contributed by atoms with Gasteiger partial charge in [-0.1, -0.05) is 0 Å². The fourth-order valence-electron chi connectivity index (χ4n) is 0.928. The molecule has 0 aliphatic rings. The Hall–Kier alpha value is -0.0500. The van der Waals surface area contributed by atoms with Crippen LogP contribution in [0.4, 0.5) is 0 Å². The molecule has 9 heteroatoms. The second-order valence-electron chi connectivity index (χ2n) is 2.92. The SMILES string of the molecule is CCOP(=O)(O)O.OCCN(CCO)CCO. The summed E-state index contributed by atoms with van der Waals surface area (Å²) in [6, 6.07) is 0. The second kappa shape index (κ2) is 12.4. The molecule has 0 aromatic heterocycles. The average Bonchev–Trinajstić information content (AvgIpc) is 2.18. The maximum atomic E-state index is 9.70. The maximum Gasteiger partial charge on any atom is 0.469 e. The van der Waals surface area contributed by atoms with Crippen molar-refractivity contribution in [2.45, 2.75) is 6.92 Å². The van der Waals surface area contributed by atoms with Crippen LogP contribution in [0.25, 0.3) is 0 Å². The van der Waals surface area contributed by atoms with Gasteiger partial charge in [-0.3, -0.25) is 9.42 Å². The van der Waals surface area contributed by atoms with Gasteiger partial charge in [0.15, 0.2) is 0 Å². The topological polar surface area (TPSA) is 131 Å². The molecule has 5 N–H and O–H groups in total. The molecule has 0 rings (SSSR count). The molecule has 0 aliphatic carbocycles. The van der Waals surface area contributed by atoms with Crippen molar-refractivity contribution >= 4 is 7.82 Å². The monoisotopic (exact) mass is 275 g/mol. The Morgan fingerprint density at radius 2 is 1.35 bits per heavy atom. The zero-order valence-corrected chi connectivity index (χ0v) is 10.8. The molecule has 0 unspecified atom stereocenters. The van der Waals surface area contributed by atoms with E-state index in [0.29, 0.717) is 19.6 Å². The first-order valence-electron chi connectivity index (χ1n) is 5.16. The van der Waals surface area contributed by atoms with Crippen LogP contribution in [0, 0.1) is 0 Å². The predicted octanol–water partition coefficient (Wildman–Crippen LogP) is -1.62. The first-order valence-corrected chi connectivity index (χ1v) is 6.69. The van der Waals surface area contributed by atoms with Crippen molar-refractivity contribution in [3.05, 3.63) is 0 Å². The van der Waals surface area contributed by atoms with Crippen LogP contribution in [0.3, 0.4) is 0 Å². The Bertz CT molecular complexity index is 184. The quantitative estimate of drug-likeness (QED) is 0.334. The van der Waals surface area contributed by atoms with E-state index in [1.165, 1.54) is 6.92 Å². The average molecular weight is 275 g/mol. The first-order chi connectivity index (χ1) is 7.91. The lowest BCUT2D eigenvalue weighted by Gasteiger charge is -2.17. The molecular formula is C8H22NO7P. The second-order valence-corrected chi connectivity index (χ2v) is 4.16. The predicted molar refractivity (Wildman–Crippen MR) is 61.4 cm³/mol. The van der Waals surface area contributed by atoms with Crippen LogP contribution in [0.15, 0.2) is 0 Å². The normalized spacial score (nSPS) is 11.2. The highest BCUT2D eigenvalue weighted by Crippen LogP contribution is 2.34. The van der Waals surface area contributed by atoms with E-state index in [0.717, 1.165) is 0 Å². The van der Waals surface area contributed by atoms with Crippen LogP contribution in [0.2, 0.25) is 0 Å². The lowest BCUT2D eigenvalue weighted by atomic mass is 10.4. The van der Waals surface area contributed by atoms with Crippen molar-refractivity contribution in [2.75, 3.05) is 46.1 Å². The van der Waals surface area contributed by atoms with Gasteiger partial charge in [0.25, 0.3) is 0 Å². The van der Waals surface area contributed by atoms with Gasteiger partial charge in [-0.15, -0.1) is 0 Å². The summed E-state index contributed by atoms with van der Waals surface area (Å²) in [5, 5.41) is 25.5. The van der Waals surface area contributed by atoms with Crippen molar-refractivity contribution in [3.63, 3.8) is 0 Å². The van der Waals surface area contributed by atoms with E-state index < -0.39 is 7.82 Å². The molecule has 0 saturated heterocycles. The zero-order valence-electron chi connectivity index (χ0n) is 9.90. The molecule has 0 radical (unpaired) electrons. The van der Waals surface area contributed by atoms with Crippen molar-refractivity contribution in [3.8, 4) is 0 Å². The fraction of sp³-hybridized carbons (Fsp3) is 1.00. The summed E-state index contributed by atoms with van der Waals surface area (Å²) >= 11 is 0. The van der Waals surface area contributed by atoms with Crippen LogP contribution in [-0.4, -0.2) is 76.1 Å². The van der Waals surface area contributed by atoms with E-state index in [-0.39, 0.29) is 26.4 Å². The molecule has 8 nitrogen and oxygen atoms in total. The molecule has 0 amide bonds. The van der Waals surface area contributed by atoms with Gasteiger partial charge in [0.1, 0.15) is 0 Å². The molecule has 0 aromatic carbocycles. The summed E-state index contributed by atoms with van der Waals surface area (Å²) in [7, 11) is -4.17. The maximum absolute atomic E-state index is 9.70. The van der Waals surface area contributed by atoms with Crippen LogP contribution < -0.4 is 0 Å². The molecule has 0 bridgehead atoms. The van der Waals surface area contributed by atoms with Gasteiger partial charge in [-0.2, -0.15) is 0 Å². The third-order valence-corrected chi connectivity index (χ3v) is 2.14. The van der Waals surface area contributed by atoms with E-state index >= 15 is 0 Å². The molecule has 0 heterocycles. The lowest BCUT2D eigenvalue weighted by Crippen LogP contribution is -2.32. The lowest BCUT2D eigenvalue weighted by molar-refractivity contribution is 0.136. The molecule has 0 spiro atoms. The first kappa shape index (κ1) is 19.3. The molecule has 0 saturated carbocycles. The Kier molecular flexibility index (Phi) is 14.1. The summed E-state index contributed by atoms with van der Waals surface area (Å²) < 4.78 is 13.6. The number of hydrogen-bond acceptors (Lipinski definition) is 6. The highest BCUT2D eigenvalue weighted by atomic mass is 31.2. The van der Waals surface area contributed by atoms with E-state index in [1.807, 2.05) is 0 Å². The van der Waals surface area contributed by atoms with Gasteiger partial charge >= 0.3 is 7.82 Å². The number of hydrogen-bond donors (Lipinski definition) is 5. The van der Waals surface area contributed by atoms with Gasteiger partial charge < -0.3 is 25.1 Å². The Labute approximate surface area is 101 Å². The summed E-state index contributed by atoms with van der Waals surface area (Å²) in [6.45, 7) is 3.31. The van der Waals surface area contributed by atoms with Crippen molar-refractivity contribution in [1.82, 2.24) is 4.90 Å². The molecule has 0 aromatic rings. The summed E-state index contributed by atoms with van der Waals surface area (Å²) in [5.41, 5.74) is 0. The third-order valence-electron chi connectivity index (χ3n) is 1.55. The van der Waals surface area contributed by atoms with E-state index in [2.05, 4.69) is 4.52 Å². The van der Waals surface area contributed by atoms with Crippen LogP contribution in [-0.2, 0) is 9.09 Å². The molecule has 106 valence electrons. The molecule has 0 atom stereocenters. The van der Waals surface area contributed by atoms with Crippen molar-refractivity contribution in [1.29, 1.82) is 0 Å². The van der Waals surface area contributed by atoms with Gasteiger partial charge in [0.05, 0.1) is 26.4 Å². The molecule has 17 heavy (non-hydrogen) atoms. The van der Waals surface area contributed by atoms with Crippen LogP contribution >= 0.6 is 7.82 Å². The number of phosphoric ester groups is 1. The fourth-order valence-corrected chi connectivity index (χ4v) is 1.26. The van der Waals surface area contributed by atoms with E-state index in [9.17, 15) is 4.57 Å². The van der Waals surface area contributed by atoms with Crippen molar-refractivity contribution < 1.29 is 34.2 Å². The number of aliphatic hydroxyl groups is 3. The zero-order chi connectivity index (χ0) is 13.7. The highest BCUT2D eigenvalue weighted by molar-refractivity contribution is 7.46. The molecule has 0 aliphatic heterocycles. The van der Waals surface area contributed by atoms with Gasteiger partial charge in [-0.05, 0) is 6.92 Å². The number of phosphoric acid groups is 1. The van der Waals surface area contributed by atoms with Gasteiger partial charge in [0, 0.05) is 19.6 Å². The summed E-state index contributed by atoms with van der Waals surface area (Å²) in [6.07, 6.45) is 0. The number of aliphatic hydroxyl groups excluding tert-OH is 3. The Morgan fingerprint density at radius 1 is 1.00 bits per heavy atom. The Morgan fingerprint density at radius 3 is 1.47 bits per heavy atom. The molecular weight excluding hydrogens is 253 g/mol. The third kappa shape index (κ3) is 18.5. The minimum absolute atomic E-state index is 0.0459. The number of rotatable bonds is 8. The van der Waals surface area contributed by atoms with Gasteiger partial charge in [-0.25, -0.2) is 4.57 Å². The smallest absolute Gasteiger partial charge is 0.395 e. The minimum Gasteiger partial charge on any atom is -0.395 e. The van der Waals surface area contributed by atoms with E-state index in [1.54, 1.807) is 4.90 Å².